The third-order valence-electron chi connectivity index (χ3n) is 10.7. The summed E-state index contributed by atoms with van der Waals surface area (Å²) in [5, 5.41) is 23.0. The van der Waals surface area contributed by atoms with E-state index in [1.54, 1.807) is 65.3 Å². The van der Waals surface area contributed by atoms with Crippen molar-refractivity contribution in [1.29, 1.82) is 0 Å². The van der Waals surface area contributed by atoms with Gasteiger partial charge < -0.3 is 40.7 Å². The molecule has 5 amide bonds. The molecule has 0 bridgehead atoms. The zero-order chi connectivity index (χ0) is 47.8. The number of carboxylic acids is 1. The predicted molar refractivity (Wildman–Crippen MR) is 259 cm³/mol. The largest absolute Gasteiger partial charge is 0.480 e. The molecule has 3 aromatic carbocycles. The van der Waals surface area contributed by atoms with Gasteiger partial charge in [-0.2, -0.15) is 0 Å². The highest BCUT2D eigenvalue weighted by Gasteiger charge is 2.27. The number of aromatic nitrogens is 2. The zero-order valence-electron chi connectivity index (χ0n) is 38.3. The van der Waals surface area contributed by atoms with Gasteiger partial charge in [-0.05, 0) is 55.4 Å². The van der Waals surface area contributed by atoms with Crippen LogP contribution in [0.5, 0.6) is 0 Å². The lowest BCUT2D eigenvalue weighted by molar-refractivity contribution is -0.135. The molecule has 358 valence electrons. The standard InChI is InChI=1S/C40H53N7O5S2.C9H9NO3/c1-29(2)38-43-34(27-53-38)25-46(3)39(49)45-36(16-17-47-18-20-51-21-19-47)37(48)42-32(22-30-10-6-4-7-11-30)14-15-33(23-31-12-8-5-9-13-31)44-40(50)52-26-35-24-41-28-54-35;11-8(12)6-10-9(13)7-4-2-1-3-5-7/h4-13,24,27-29,32-33,36H,14-23,25-26H2,1-3H3,(H,42,48)(H,44,50)(H,45,49);1-5H,6H2,(H,10,13)(H,11,12). The number of hydrogen-bond acceptors (Lipinski definition) is 12. The molecule has 6 rings (SSSR count). The van der Waals surface area contributed by atoms with E-state index in [1.165, 1.54) is 11.3 Å². The maximum Gasteiger partial charge on any atom is 0.407 e. The van der Waals surface area contributed by atoms with Gasteiger partial charge in [-0.15, -0.1) is 22.7 Å². The number of alkyl carbamates (subject to hydrolysis) is 1. The molecule has 3 atom stereocenters. The number of nitrogens with zero attached hydrogens (tertiary/aromatic N) is 4. The van der Waals surface area contributed by atoms with Crippen LogP contribution in [0.25, 0.3) is 0 Å². The minimum absolute atomic E-state index is 0.150. The van der Waals surface area contributed by atoms with Crippen molar-refractivity contribution in [2.75, 3.05) is 46.4 Å². The van der Waals surface area contributed by atoms with E-state index < -0.39 is 18.1 Å². The van der Waals surface area contributed by atoms with E-state index in [-0.39, 0.29) is 43.1 Å². The first kappa shape index (κ1) is 51.8. The summed E-state index contributed by atoms with van der Waals surface area (Å²) >= 11 is 3.02. The van der Waals surface area contributed by atoms with Gasteiger partial charge in [0.2, 0.25) is 5.91 Å². The van der Waals surface area contributed by atoms with Crippen LogP contribution in [-0.4, -0.2) is 119 Å². The third kappa shape index (κ3) is 19.3. The van der Waals surface area contributed by atoms with Crippen molar-refractivity contribution >= 4 is 52.6 Å². The van der Waals surface area contributed by atoms with Crippen LogP contribution in [0.4, 0.5) is 9.59 Å². The highest BCUT2D eigenvalue weighted by molar-refractivity contribution is 7.09. The summed E-state index contributed by atoms with van der Waals surface area (Å²) in [6.45, 7) is 7.83. The van der Waals surface area contributed by atoms with Gasteiger partial charge in [-0.1, -0.05) is 92.7 Å². The smallest absolute Gasteiger partial charge is 0.407 e. The summed E-state index contributed by atoms with van der Waals surface area (Å²) in [5.74, 6) is -1.35. The Bertz CT molecular complexity index is 2240. The molecule has 16 nitrogen and oxygen atoms in total. The van der Waals surface area contributed by atoms with Crippen LogP contribution < -0.4 is 21.3 Å². The number of urea groups is 1. The fraction of sp³-hybridized carbons (Fsp3) is 0.408. The molecule has 1 saturated heterocycles. The molecule has 1 fully saturated rings. The minimum atomic E-state index is -1.05. The zero-order valence-corrected chi connectivity index (χ0v) is 39.9. The molecule has 3 heterocycles. The van der Waals surface area contributed by atoms with Crippen LogP contribution in [-0.2, 0) is 45.1 Å². The first-order chi connectivity index (χ1) is 32.4. The first-order valence-corrected chi connectivity index (χ1v) is 24.2. The van der Waals surface area contributed by atoms with Gasteiger partial charge in [0, 0.05) is 61.8 Å². The Morgan fingerprint density at radius 1 is 0.821 bits per heavy atom. The number of amides is 5. The highest BCUT2D eigenvalue weighted by Crippen LogP contribution is 2.20. The first-order valence-electron chi connectivity index (χ1n) is 22.4. The average molecular weight is 955 g/mol. The van der Waals surface area contributed by atoms with Crippen LogP contribution in [0.3, 0.4) is 0 Å². The molecule has 0 radical (unpaired) electrons. The van der Waals surface area contributed by atoms with Crippen molar-refractivity contribution in [3.05, 3.63) is 140 Å². The molecule has 3 unspecified atom stereocenters. The van der Waals surface area contributed by atoms with Crippen molar-refractivity contribution < 1.29 is 38.6 Å². The van der Waals surface area contributed by atoms with E-state index in [0.717, 1.165) is 39.8 Å². The van der Waals surface area contributed by atoms with Crippen molar-refractivity contribution in [3.8, 4) is 0 Å². The maximum absolute atomic E-state index is 14.2. The van der Waals surface area contributed by atoms with Crippen LogP contribution in [0, 0.1) is 0 Å². The van der Waals surface area contributed by atoms with Crippen LogP contribution >= 0.6 is 22.7 Å². The molecular formula is C49H62N8O8S2. The average Bonchev–Trinajstić information content (AvgIpc) is 4.05. The summed E-state index contributed by atoms with van der Waals surface area (Å²) in [5.41, 5.74) is 5.16. The Kier molecular flexibility index (Phi) is 21.7. The molecule has 1 aliphatic rings. The normalized spacial score (nSPS) is 13.8. The third-order valence-corrected chi connectivity index (χ3v) is 12.7. The fourth-order valence-electron chi connectivity index (χ4n) is 7.10. The molecule has 18 heteroatoms. The van der Waals surface area contributed by atoms with Gasteiger partial charge in [0.1, 0.15) is 19.2 Å². The van der Waals surface area contributed by atoms with Gasteiger partial charge in [-0.25, -0.2) is 14.6 Å². The van der Waals surface area contributed by atoms with Gasteiger partial charge in [0.15, 0.2) is 0 Å². The number of carboxylic acid groups (broad SMARTS) is 1. The molecule has 67 heavy (non-hydrogen) atoms. The fourth-order valence-corrected chi connectivity index (χ4v) is 8.43. The summed E-state index contributed by atoms with van der Waals surface area (Å²) in [7, 11) is 1.72. The van der Waals surface area contributed by atoms with Crippen molar-refractivity contribution in [2.45, 2.75) is 83.1 Å². The van der Waals surface area contributed by atoms with Gasteiger partial charge in [0.05, 0.1) is 40.8 Å². The summed E-state index contributed by atoms with van der Waals surface area (Å²) < 4.78 is 11.1. The topological polar surface area (TPSA) is 204 Å². The highest BCUT2D eigenvalue weighted by atomic mass is 32.1. The number of carbonyl (C=O) groups is 5. The van der Waals surface area contributed by atoms with E-state index in [4.69, 9.17) is 14.6 Å². The number of morpholine rings is 1. The van der Waals surface area contributed by atoms with Crippen LogP contribution in [0.15, 0.2) is 108 Å². The quantitative estimate of drug-likeness (QED) is 0.0507. The van der Waals surface area contributed by atoms with E-state index in [0.29, 0.717) is 69.9 Å². The van der Waals surface area contributed by atoms with Gasteiger partial charge in [-0.3, -0.25) is 24.3 Å². The molecule has 0 spiro atoms. The van der Waals surface area contributed by atoms with Crippen molar-refractivity contribution in [3.63, 3.8) is 0 Å². The summed E-state index contributed by atoms with van der Waals surface area (Å²) in [4.78, 5) is 75.5. The number of hydrogen-bond donors (Lipinski definition) is 5. The van der Waals surface area contributed by atoms with Crippen molar-refractivity contribution in [1.82, 2.24) is 41.0 Å². The summed E-state index contributed by atoms with van der Waals surface area (Å²) in [6.07, 6.45) is 4.00. The number of carbonyl (C=O) groups excluding carboxylic acids is 4. The predicted octanol–water partition coefficient (Wildman–Crippen LogP) is 6.50. The number of nitrogens with one attached hydrogen (secondary N) is 4. The molecule has 2 aromatic heterocycles. The lowest BCUT2D eigenvalue weighted by Gasteiger charge is -2.30. The maximum atomic E-state index is 14.2. The Morgan fingerprint density at radius 2 is 1.43 bits per heavy atom. The van der Waals surface area contributed by atoms with Crippen molar-refractivity contribution in [2.24, 2.45) is 0 Å². The molecule has 5 N–H and O–H groups in total. The van der Waals surface area contributed by atoms with E-state index in [1.807, 2.05) is 66.0 Å². The monoisotopic (exact) mass is 954 g/mol. The lowest BCUT2D eigenvalue weighted by Crippen LogP contribution is -2.54. The Labute approximate surface area is 400 Å². The lowest BCUT2D eigenvalue weighted by atomic mass is 9.95. The molecule has 0 aliphatic carbocycles. The molecule has 1 aliphatic heterocycles. The van der Waals surface area contributed by atoms with Gasteiger partial charge >= 0.3 is 18.1 Å². The number of rotatable bonds is 22. The summed E-state index contributed by atoms with van der Waals surface area (Å²) in [6, 6.07) is 26.9. The SMILES string of the molecule is CC(C)c1nc(CN(C)C(=O)NC(CCN2CCOCC2)C(=O)NC(CCC(Cc2ccccc2)NC(=O)OCc2cncs2)Cc2ccccc2)cs1.O=C(O)CNC(=O)c1ccccc1. The second kappa shape index (κ2) is 28.1. The number of ether oxygens (including phenoxy) is 2. The van der Waals surface area contributed by atoms with Gasteiger partial charge in [0.25, 0.3) is 5.91 Å². The Balaban J connectivity index is 0.000000556. The second-order valence-electron chi connectivity index (χ2n) is 16.4. The minimum Gasteiger partial charge on any atom is -0.480 e. The number of benzene rings is 3. The number of aliphatic carboxylic acids is 1. The van der Waals surface area contributed by atoms with E-state index in [9.17, 15) is 24.0 Å². The van der Waals surface area contributed by atoms with E-state index in [2.05, 4.69) is 50.0 Å². The Morgan fingerprint density at radius 3 is 2.00 bits per heavy atom. The second-order valence-corrected chi connectivity index (χ2v) is 18.3. The number of thiazole rings is 2. The molecule has 0 saturated carbocycles. The van der Waals surface area contributed by atoms with Crippen LogP contribution in [0.2, 0.25) is 0 Å². The van der Waals surface area contributed by atoms with Crippen LogP contribution in [0.1, 0.15) is 76.1 Å². The molecule has 5 aromatic rings. The Hall–Kier alpha value is -6.21. The molecular weight excluding hydrogens is 893 g/mol. The van der Waals surface area contributed by atoms with E-state index >= 15 is 0 Å².